The van der Waals surface area contributed by atoms with Crippen molar-refractivity contribution in [2.75, 3.05) is 0 Å². The van der Waals surface area contributed by atoms with Crippen LogP contribution in [0.1, 0.15) is 21.6 Å². The Balaban J connectivity index is 1.39. The first-order valence-electron chi connectivity index (χ1n) is 8.56. The first-order chi connectivity index (χ1) is 13.3. The molecule has 134 valence electrons. The zero-order chi connectivity index (χ0) is 18.5. The van der Waals surface area contributed by atoms with Crippen LogP contribution in [0, 0.1) is 0 Å². The van der Waals surface area contributed by atoms with E-state index in [1.165, 1.54) is 6.33 Å². The quantitative estimate of drug-likeness (QED) is 0.574. The van der Waals surface area contributed by atoms with Crippen LogP contribution in [0.4, 0.5) is 0 Å². The van der Waals surface area contributed by atoms with Crippen LogP contribution in [0.5, 0.6) is 0 Å². The van der Waals surface area contributed by atoms with Crippen molar-refractivity contribution in [1.82, 2.24) is 29.6 Å². The fourth-order valence-corrected chi connectivity index (χ4v) is 2.79. The summed E-state index contributed by atoms with van der Waals surface area (Å²) in [6, 6.07) is 17.7. The Hall–Kier alpha value is -3.74. The van der Waals surface area contributed by atoms with E-state index in [1.54, 1.807) is 28.1 Å². The van der Waals surface area contributed by atoms with Gasteiger partial charge in [0.15, 0.2) is 0 Å². The van der Waals surface area contributed by atoms with E-state index in [-0.39, 0.29) is 5.91 Å². The van der Waals surface area contributed by atoms with Crippen molar-refractivity contribution in [3.8, 4) is 5.69 Å². The third-order valence-corrected chi connectivity index (χ3v) is 4.19. The fourth-order valence-electron chi connectivity index (χ4n) is 2.79. The highest BCUT2D eigenvalue weighted by atomic mass is 16.1. The summed E-state index contributed by atoms with van der Waals surface area (Å²) in [5.74, 6) is -0.164. The Labute approximate surface area is 156 Å². The second-order valence-corrected chi connectivity index (χ2v) is 6.08. The van der Waals surface area contributed by atoms with Crippen LogP contribution in [0.2, 0.25) is 0 Å². The molecule has 7 nitrogen and oxygen atoms in total. The third kappa shape index (κ3) is 3.92. The van der Waals surface area contributed by atoms with Gasteiger partial charge in [-0.15, -0.1) is 0 Å². The lowest BCUT2D eigenvalue weighted by molar-refractivity contribution is 0.0944. The number of para-hydroxylation sites is 1. The Morgan fingerprint density at radius 1 is 0.926 bits per heavy atom. The fraction of sp³-hybridized carbons (Fsp3) is 0.100. The maximum Gasteiger partial charge on any atom is 0.270 e. The molecule has 0 aliphatic rings. The van der Waals surface area contributed by atoms with E-state index in [9.17, 15) is 4.79 Å². The molecule has 0 atom stereocenters. The average Bonchev–Trinajstić information content (AvgIpc) is 3.40. The molecule has 2 heterocycles. The summed E-state index contributed by atoms with van der Waals surface area (Å²) in [5, 5.41) is 7.04. The molecule has 0 aliphatic carbocycles. The topological polar surface area (TPSA) is 77.6 Å². The van der Waals surface area contributed by atoms with Gasteiger partial charge in [0.05, 0.1) is 19.1 Å². The number of carbonyl (C=O) groups is 1. The Morgan fingerprint density at radius 2 is 1.70 bits per heavy atom. The molecule has 2 aromatic heterocycles. The summed E-state index contributed by atoms with van der Waals surface area (Å²) < 4.78 is 3.54. The number of rotatable bonds is 6. The van der Waals surface area contributed by atoms with Crippen molar-refractivity contribution >= 4 is 5.91 Å². The van der Waals surface area contributed by atoms with Gasteiger partial charge in [-0.2, -0.15) is 5.10 Å². The molecule has 1 N–H and O–H groups in total. The number of benzene rings is 2. The molecule has 0 radical (unpaired) electrons. The molecular formula is C20H18N6O. The smallest absolute Gasteiger partial charge is 0.270 e. The average molecular weight is 358 g/mol. The number of amides is 1. The zero-order valence-electron chi connectivity index (χ0n) is 14.6. The number of hydrogen-bond donors (Lipinski definition) is 1. The maximum atomic E-state index is 12.6. The molecular weight excluding hydrogens is 340 g/mol. The minimum absolute atomic E-state index is 0.164. The van der Waals surface area contributed by atoms with Crippen LogP contribution < -0.4 is 5.32 Å². The number of carbonyl (C=O) groups excluding carboxylic acids is 1. The van der Waals surface area contributed by atoms with Crippen LogP contribution in [-0.2, 0) is 13.1 Å². The zero-order valence-corrected chi connectivity index (χ0v) is 14.6. The van der Waals surface area contributed by atoms with Gasteiger partial charge in [0.1, 0.15) is 18.3 Å². The molecule has 7 heteroatoms. The summed E-state index contributed by atoms with van der Waals surface area (Å²) in [4.78, 5) is 20.6. The Morgan fingerprint density at radius 3 is 2.44 bits per heavy atom. The summed E-state index contributed by atoms with van der Waals surface area (Å²) in [6.07, 6.45) is 6.42. The lowest BCUT2D eigenvalue weighted by Crippen LogP contribution is -2.25. The SMILES string of the molecule is O=C(NCc1ccc(Cn2cncn2)cc1)c1cncn1-c1ccccc1. The summed E-state index contributed by atoms with van der Waals surface area (Å²) in [6.45, 7) is 1.12. The molecule has 0 bridgehead atoms. The van der Waals surface area contributed by atoms with Gasteiger partial charge in [-0.25, -0.2) is 14.6 Å². The predicted octanol–water partition coefficient (Wildman–Crippen LogP) is 2.44. The first-order valence-corrected chi connectivity index (χ1v) is 8.56. The van der Waals surface area contributed by atoms with Crippen LogP contribution >= 0.6 is 0 Å². The number of aromatic nitrogens is 5. The Bertz CT molecular complexity index is 1010. The van der Waals surface area contributed by atoms with E-state index in [2.05, 4.69) is 20.4 Å². The standard InChI is InChI=1S/C20H18N6O/c27-20(19-11-21-15-26(19)18-4-2-1-3-5-18)23-10-16-6-8-17(9-7-16)12-25-14-22-13-24-25/h1-9,11,13-15H,10,12H2,(H,23,27). The van der Waals surface area contributed by atoms with Gasteiger partial charge in [0.25, 0.3) is 5.91 Å². The van der Waals surface area contributed by atoms with Crippen LogP contribution in [0.15, 0.2) is 79.8 Å². The molecule has 0 saturated heterocycles. The minimum Gasteiger partial charge on any atom is -0.347 e. The number of imidazole rings is 1. The van der Waals surface area contributed by atoms with E-state index in [1.807, 2.05) is 54.6 Å². The number of nitrogens with one attached hydrogen (secondary N) is 1. The van der Waals surface area contributed by atoms with Crippen molar-refractivity contribution in [3.05, 3.63) is 96.6 Å². The Kier molecular flexibility index (Phi) is 4.74. The van der Waals surface area contributed by atoms with Gasteiger partial charge in [0.2, 0.25) is 0 Å². The molecule has 0 aliphatic heterocycles. The lowest BCUT2D eigenvalue weighted by Gasteiger charge is -2.09. The predicted molar refractivity (Wildman–Crippen MR) is 100 cm³/mol. The molecule has 0 spiro atoms. The van der Waals surface area contributed by atoms with Gasteiger partial charge in [0, 0.05) is 12.2 Å². The molecule has 4 rings (SSSR count). The highest BCUT2D eigenvalue weighted by molar-refractivity contribution is 5.92. The van der Waals surface area contributed by atoms with Gasteiger partial charge in [-0.1, -0.05) is 42.5 Å². The van der Waals surface area contributed by atoms with Gasteiger partial charge in [-0.3, -0.25) is 9.36 Å². The van der Waals surface area contributed by atoms with E-state index in [4.69, 9.17) is 0 Å². The molecule has 1 amide bonds. The summed E-state index contributed by atoms with van der Waals surface area (Å²) >= 11 is 0. The highest BCUT2D eigenvalue weighted by Crippen LogP contribution is 2.11. The first kappa shape index (κ1) is 16.7. The van der Waals surface area contributed by atoms with Gasteiger partial charge >= 0.3 is 0 Å². The van der Waals surface area contributed by atoms with E-state index >= 15 is 0 Å². The second kappa shape index (κ2) is 7.65. The molecule has 0 saturated carbocycles. The van der Waals surface area contributed by atoms with Gasteiger partial charge < -0.3 is 5.32 Å². The third-order valence-electron chi connectivity index (χ3n) is 4.19. The molecule has 2 aromatic carbocycles. The summed E-state index contributed by atoms with van der Waals surface area (Å²) in [7, 11) is 0. The molecule has 0 unspecified atom stereocenters. The van der Waals surface area contributed by atoms with E-state index in [0.717, 1.165) is 16.8 Å². The molecule has 27 heavy (non-hydrogen) atoms. The summed E-state index contributed by atoms with van der Waals surface area (Å²) in [5.41, 5.74) is 3.55. The number of hydrogen-bond acceptors (Lipinski definition) is 4. The monoisotopic (exact) mass is 358 g/mol. The molecule has 4 aromatic rings. The van der Waals surface area contributed by atoms with Crippen LogP contribution in [0.25, 0.3) is 5.69 Å². The largest absolute Gasteiger partial charge is 0.347 e. The van der Waals surface area contributed by atoms with E-state index in [0.29, 0.717) is 18.8 Å². The van der Waals surface area contributed by atoms with Crippen LogP contribution in [-0.4, -0.2) is 30.2 Å². The second-order valence-electron chi connectivity index (χ2n) is 6.08. The number of nitrogens with zero attached hydrogens (tertiary/aromatic N) is 5. The minimum atomic E-state index is -0.164. The van der Waals surface area contributed by atoms with Crippen molar-refractivity contribution in [2.24, 2.45) is 0 Å². The lowest BCUT2D eigenvalue weighted by atomic mass is 10.1. The molecule has 0 fully saturated rings. The van der Waals surface area contributed by atoms with Gasteiger partial charge in [-0.05, 0) is 23.3 Å². The van der Waals surface area contributed by atoms with Crippen molar-refractivity contribution in [1.29, 1.82) is 0 Å². The van der Waals surface area contributed by atoms with Crippen molar-refractivity contribution in [3.63, 3.8) is 0 Å². The normalized spacial score (nSPS) is 10.7. The van der Waals surface area contributed by atoms with Crippen molar-refractivity contribution < 1.29 is 4.79 Å². The maximum absolute atomic E-state index is 12.6. The van der Waals surface area contributed by atoms with E-state index < -0.39 is 0 Å². The highest BCUT2D eigenvalue weighted by Gasteiger charge is 2.12. The van der Waals surface area contributed by atoms with Crippen LogP contribution in [0.3, 0.4) is 0 Å². The van der Waals surface area contributed by atoms with Crippen molar-refractivity contribution in [2.45, 2.75) is 13.1 Å².